The van der Waals surface area contributed by atoms with Gasteiger partial charge in [0.05, 0.1) is 27.8 Å². The second kappa shape index (κ2) is 6.87. The Morgan fingerprint density at radius 2 is 1.58 bits per heavy atom. The van der Waals surface area contributed by atoms with E-state index in [0.717, 1.165) is 16.6 Å². The fourth-order valence-electron chi connectivity index (χ4n) is 4.57. The van der Waals surface area contributed by atoms with Crippen molar-refractivity contribution in [2.75, 3.05) is 5.32 Å². The monoisotopic (exact) mass is 428 g/mol. The minimum absolute atomic E-state index is 0.168. The predicted molar refractivity (Wildman–Crippen MR) is 125 cm³/mol. The summed E-state index contributed by atoms with van der Waals surface area (Å²) in [5.41, 5.74) is 5.47. The minimum atomic E-state index is -0.194. The van der Waals surface area contributed by atoms with Crippen molar-refractivity contribution >= 4 is 39.8 Å². The number of benzene rings is 3. The zero-order valence-corrected chi connectivity index (χ0v) is 17.6. The Balaban J connectivity index is 1.59. The zero-order chi connectivity index (χ0) is 22.7. The third kappa shape index (κ3) is 2.63. The summed E-state index contributed by atoms with van der Waals surface area (Å²) in [6.45, 7) is 1.86. The number of aromatic nitrogens is 2. The van der Waals surface area contributed by atoms with E-state index >= 15 is 0 Å². The summed E-state index contributed by atoms with van der Waals surface area (Å²) in [5.74, 6) is 0.293. The second-order valence-electron chi connectivity index (χ2n) is 8.02. The van der Waals surface area contributed by atoms with E-state index in [1.807, 2.05) is 41.7 Å². The number of aryl methyl sites for hydroxylation is 1. The lowest BCUT2D eigenvalue weighted by Crippen LogP contribution is -2.22. The van der Waals surface area contributed by atoms with Crippen LogP contribution in [0.5, 0.6) is 0 Å². The van der Waals surface area contributed by atoms with Gasteiger partial charge in [-0.15, -0.1) is 0 Å². The molecule has 1 N–H and O–H groups in total. The summed E-state index contributed by atoms with van der Waals surface area (Å²) in [4.78, 5) is 31.2. The van der Waals surface area contributed by atoms with Gasteiger partial charge in [-0.1, -0.05) is 48.5 Å². The van der Waals surface area contributed by atoms with Crippen LogP contribution in [0.25, 0.3) is 16.7 Å². The number of carbonyl (C=O) groups is 2. The molecule has 5 aromatic rings. The average Bonchev–Trinajstić information content (AvgIpc) is 3.22. The van der Waals surface area contributed by atoms with Crippen LogP contribution in [0.4, 0.5) is 11.5 Å². The first-order valence-corrected chi connectivity index (χ1v) is 10.5. The molecule has 6 nitrogen and oxygen atoms in total. The average molecular weight is 428 g/mol. The highest BCUT2D eigenvalue weighted by molar-refractivity contribution is 6.30. The second-order valence-corrected chi connectivity index (χ2v) is 8.02. The molecular weight excluding hydrogens is 412 g/mol. The molecule has 0 atom stereocenters. The van der Waals surface area contributed by atoms with Crippen LogP contribution in [0.1, 0.15) is 43.0 Å². The third-order valence-electron chi connectivity index (χ3n) is 6.10. The predicted octanol–water partition coefficient (Wildman–Crippen LogP) is 5.19. The standard InChI is InChI=1S/C27H16N4O2/c1-15-13-23(31-22-12-5-4-10-20(22)30-27(31)19(15)14-28)29-21-11-6-9-18-24(21)26(33)17-8-3-2-7-16(17)25(18)32/h2-13,29H,1H3. The van der Waals surface area contributed by atoms with Crippen molar-refractivity contribution in [1.29, 1.82) is 5.26 Å². The topological polar surface area (TPSA) is 87.3 Å². The quantitative estimate of drug-likeness (QED) is 0.410. The van der Waals surface area contributed by atoms with Crippen molar-refractivity contribution in [3.63, 3.8) is 0 Å². The van der Waals surface area contributed by atoms with Crippen LogP contribution < -0.4 is 5.32 Å². The van der Waals surface area contributed by atoms with Crippen molar-refractivity contribution in [1.82, 2.24) is 9.38 Å². The van der Waals surface area contributed by atoms with Gasteiger partial charge in [0.25, 0.3) is 0 Å². The van der Waals surface area contributed by atoms with Crippen molar-refractivity contribution in [3.8, 4) is 6.07 Å². The van der Waals surface area contributed by atoms with Crippen LogP contribution in [0.2, 0.25) is 0 Å². The number of nitriles is 1. The Morgan fingerprint density at radius 1 is 0.879 bits per heavy atom. The molecule has 6 heteroatoms. The lowest BCUT2D eigenvalue weighted by Gasteiger charge is -2.21. The molecule has 1 aliphatic carbocycles. The molecule has 0 unspecified atom stereocenters. The highest BCUT2D eigenvalue weighted by Gasteiger charge is 2.31. The number of nitrogens with one attached hydrogen (secondary N) is 1. The van der Waals surface area contributed by atoms with E-state index < -0.39 is 0 Å². The molecule has 6 rings (SSSR count). The molecule has 1 aliphatic rings. The highest BCUT2D eigenvalue weighted by atomic mass is 16.1. The lowest BCUT2D eigenvalue weighted by molar-refractivity contribution is 0.0979. The molecule has 0 aliphatic heterocycles. The summed E-state index contributed by atoms with van der Waals surface area (Å²) in [6.07, 6.45) is 0. The highest BCUT2D eigenvalue weighted by Crippen LogP contribution is 2.35. The van der Waals surface area contributed by atoms with Crippen molar-refractivity contribution in [2.45, 2.75) is 6.92 Å². The summed E-state index contributed by atoms with van der Waals surface area (Å²) >= 11 is 0. The van der Waals surface area contributed by atoms with E-state index in [2.05, 4.69) is 16.4 Å². The molecule has 3 aromatic carbocycles. The van der Waals surface area contributed by atoms with Gasteiger partial charge >= 0.3 is 0 Å². The maximum Gasteiger partial charge on any atom is 0.196 e. The summed E-state index contributed by atoms with van der Waals surface area (Å²) in [5, 5.41) is 13.1. The van der Waals surface area contributed by atoms with Crippen molar-refractivity contribution in [3.05, 3.63) is 106 Å². The number of nitrogens with zero attached hydrogens (tertiary/aromatic N) is 3. The van der Waals surface area contributed by atoms with Crippen LogP contribution in [-0.4, -0.2) is 21.0 Å². The molecule has 0 saturated heterocycles. The molecule has 33 heavy (non-hydrogen) atoms. The van der Waals surface area contributed by atoms with Gasteiger partial charge in [-0.05, 0) is 36.8 Å². The Bertz CT molecular complexity index is 1710. The van der Waals surface area contributed by atoms with Gasteiger partial charge in [-0.25, -0.2) is 4.98 Å². The van der Waals surface area contributed by atoms with Gasteiger partial charge < -0.3 is 5.32 Å². The molecular formula is C27H16N4O2. The number of anilines is 2. The smallest absolute Gasteiger partial charge is 0.196 e. The number of para-hydroxylation sites is 2. The van der Waals surface area contributed by atoms with E-state index in [4.69, 9.17) is 0 Å². The van der Waals surface area contributed by atoms with Gasteiger partial charge in [-0.3, -0.25) is 14.0 Å². The van der Waals surface area contributed by atoms with Crippen molar-refractivity contribution < 1.29 is 9.59 Å². The fourth-order valence-corrected chi connectivity index (χ4v) is 4.57. The van der Waals surface area contributed by atoms with Crippen molar-refractivity contribution in [2.24, 2.45) is 0 Å². The number of ketones is 2. The first-order valence-electron chi connectivity index (χ1n) is 10.5. The number of rotatable bonds is 2. The van der Waals surface area contributed by atoms with Gasteiger partial charge in [-0.2, -0.15) is 5.26 Å². The largest absolute Gasteiger partial charge is 0.341 e. The summed E-state index contributed by atoms with van der Waals surface area (Å²) in [7, 11) is 0. The molecule has 0 bridgehead atoms. The Labute approximate surface area is 188 Å². The van der Waals surface area contributed by atoms with E-state index in [0.29, 0.717) is 45.0 Å². The number of imidazole rings is 1. The molecule has 0 amide bonds. The van der Waals surface area contributed by atoms with Crippen LogP contribution in [0.3, 0.4) is 0 Å². The minimum Gasteiger partial charge on any atom is -0.341 e. The van der Waals surface area contributed by atoms with Gasteiger partial charge in [0.2, 0.25) is 0 Å². The Hall–Kier alpha value is -4.76. The lowest BCUT2D eigenvalue weighted by atomic mass is 9.83. The zero-order valence-electron chi connectivity index (χ0n) is 17.6. The molecule has 2 aromatic heterocycles. The molecule has 2 heterocycles. The summed E-state index contributed by atoms with van der Waals surface area (Å²) in [6, 6.07) is 23.9. The van der Waals surface area contributed by atoms with E-state index in [9.17, 15) is 14.9 Å². The van der Waals surface area contributed by atoms with Gasteiger partial charge in [0.15, 0.2) is 17.2 Å². The third-order valence-corrected chi connectivity index (χ3v) is 6.10. The van der Waals surface area contributed by atoms with Crippen LogP contribution >= 0.6 is 0 Å². The number of pyridine rings is 1. The molecule has 0 radical (unpaired) electrons. The maximum atomic E-state index is 13.4. The first kappa shape index (κ1) is 19.0. The van der Waals surface area contributed by atoms with Gasteiger partial charge in [0, 0.05) is 16.7 Å². The normalized spacial score (nSPS) is 12.5. The Morgan fingerprint density at radius 3 is 2.36 bits per heavy atom. The maximum absolute atomic E-state index is 13.4. The first-order chi connectivity index (χ1) is 16.1. The number of carbonyl (C=O) groups excluding carboxylic acids is 2. The number of hydrogen-bond acceptors (Lipinski definition) is 5. The number of hydrogen-bond donors (Lipinski definition) is 1. The molecule has 0 spiro atoms. The number of fused-ring (bicyclic) bond motifs is 5. The molecule has 0 saturated carbocycles. The van der Waals surface area contributed by atoms with E-state index in [1.165, 1.54) is 0 Å². The fraction of sp³-hybridized carbons (Fsp3) is 0.0370. The Kier molecular flexibility index (Phi) is 3.95. The van der Waals surface area contributed by atoms with Crippen LogP contribution in [0, 0.1) is 18.3 Å². The summed E-state index contributed by atoms with van der Waals surface area (Å²) < 4.78 is 1.88. The molecule has 156 valence electrons. The van der Waals surface area contributed by atoms with Crippen LogP contribution in [-0.2, 0) is 0 Å². The molecule has 0 fully saturated rings. The van der Waals surface area contributed by atoms with E-state index in [1.54, 1.807) is 42.5 Å². The van der Waals surface area contributed by atoms with E-state index in [-0.39, 0.29) is 11.6 Å². The van der Waals surface area contributed by atoms with Crippen LogP contribution in [0.15, 0.2) is 72.8 Å². The SMILES string of the molecule is Cc1cc(Nc2cccc3c2C(=O)c2ccccc2C3=O)n2c(nc3ccccc32)c1C#N. The van der Waals surface area contributed by atoms with Gasteiger partial charge in [0.1, 0.15) is 11.9 Å².